The van der Waals surface area contributed by atoms with Crippen LogP contribution in [0, 0.1) is 12.8 Å². The first kappa shape index (κ1) is 29.7. The Bertz CT molecular complexity index is 1400. The predicted molar refractivity (Wildman–Crippen MR) is 152 cm³/mol. The number of nitrogens with one attached hydrogen (secondary N) is 1. The van der Waals surface area contributed by atoms with E-state index < -0.39 is 12.7 Å². The minimum Gasteiger partial charge on any atom is -0.343 e. The number of rotatable bonds is 6. The number of hydrogen-bond donors (Lipinski definition) is 1. The molecule has 226 valence electrons. The number of aromatic nitrogens is 4. The van der Waals surface area contributed by atoms with Gasteiger partial charge in [-0.2, -0.15) is 18.2 Å². The Morgan fingerprint density at radius 3 is 2.50 bits per heavy atom. The van der Waals surface area contributed by atoms with Gasteiger partial charge in [0, 0.05) is 63.6 Å². The molecule has 1 aliphatic carbocycles. The lowest BCUT2D eigenvalue weighted by Gasteiger charge is -2.30. The fraction of sp³-hybridized carbons (Fsp3) is 0.552. The van der Waals surface area contributed by atoms with Gasteiger partial charge in [0.05, 0.1) is 6.54 Å². The van der Waals surface area contributed by atoms with Crippen LogP contribution in [0.5, 0.6) is 0 Å². The summed E-state index contributed by atoms with van der Waals surface area (Å²) in [6.45, 7) is 2.66. The first-order chi connectivity index (χ1) is 20.0. The van der Waals surface area contributed by atoms with Crippen molar-refractivity contribution in [1.29, 1.82) is 0 Å². The van der Waals surface area contributed by atoms with Crippen LogP contribution in [0.3, 0.4) is 0 Å². The molecule has 3 aliphatic rings. The highest BCUT2D eigenvalue weighted by atomic mass is 19.4. The second-order valence-corrected chi connectivity index (χ2v) is 11.7. The average Bonchev–Trinajstić information content (AvgIpc) is 3.66. The summed E-state index contributed by atoms with van der Waals surface area (Å²) in [7, 11) is 3.56. The van der Waals surface area contributed by atoms with E-state index in [9.17, 15) is 22.8 Å². The van der Waals surface area contributed by atoms with E-state index in [4.69, 9.17) is 4.98 Å². The van der Waals surface area contributed by atoms with Gasteiger partial charge >= 0.3 is 6.18 Å². The SMILES string of the molecule is Cc1ccc(Nc2ncc3cc(C(=O)N(C)C)n(C4CCCC4)c3n2)nc1.O=CN1CC2CC(C1)N(CC(F)(F)F)C2. The monoisotopic (exact) mass is 586 g/mol. The smallest absolute Gasteiger partial charge is 0.343 e. The van der Waals surface area contributed by atoms with Crippen molar-refractivity contribution < 1.29 is 22.8 Å². The van der Waals surface area contributed by atoms with Crippen LogP contribution in [-0.4, -0.2) is 99.0 Å². The van der Waals surface area contributed by atoms with Crippen molar-refractivity contribution in [3.63, 3.8) is 0 Å². The minimum atomic E-state index is -4.14. The van der Waals surface area contributed by atoms with E-state index in [1.54, 1.807) is 36.3 Å². The van der Waals surface area contributed by atoms with Crippen LogP contribution in [0.2, 0.25) is 0 Å². The number of anilines is 2. The maximum absolute atomic E-state index is 12.7. The number of piperidine rings is 1. The Labute approximate surface area is 242 Å². The van der Waals surface area contributed by atoms with Crippen molar-refractivity contribution >= 4 is 35.1 Å². The summed E-state index contributed by atoms with van der Waals surface area (Å²) in [6.07, 6.45) is 5.48. The van der Waals surface area contributed by atoms with Gasteiger partial charge in [-0.05, 0) is 49.8 Å². The highest BCUT2D eigenvalue weighted by Gasteiger charge is 2.43. The first-order valence-electron chi connectivity index (χ1n) is 14.3. The number of halogens is 3. The topological polar surface area (TPSA) is 99.5 Å². The number of carbonyl (C=O) groups excluding carboxylic acids is 2. The molecule has 2 unspecified atom stereocenters. The normalized spacial score (nSPS) is 20.9. The standard InChI is InChI=1S/C20H24N6O.C9H13F3N2O/c1-13-8-9-17(21-11-13)23-20-22-12-14-10-16(19(27)25(2)3)26(18(14)24-20)15-6-4-5-7-15;10-9(11,12)5-14-3-7-1-8(14)4-13(2-7)6-15/h8-12,15H,4-7H2,1-3H3,(H,21,22,23,24);6-8H,1-5H2. The van der Waals surface area contributed by atoms with Gasteiger partial charge in [0.1, 0.15) is 17.2 Å². The Kier molecular flexibility index (Phi) is 8.67. The third-order valence-corrected chi connectivity index (χ3v) is 8.13. The highest BCUT2D eigenvalue weighted by molar-refractivity contribution is 5.97. The molecular weight excluding hydrogens is 549 g/mol. The molecule has 2 amide bonds. The summed E-state index contributed by atoms with van der Waals surface area (Å²) in [6, 6.07) is 6.00. The van der Waals surface area contributed by atoms with Crippen molar-refractivity contribution in [3.8, 4) is 0 Å². The van der Waals surface area contributed by atoms with E-state index in [1.165, 1.54) is 17.7 Å². The Hall–Kier alpha value is -3.74. The molecule has 5 heterocycles. The molecule has 42 heavy (non-hydrogen) atoms. The van der Waals surface area contributed by atoms with Crippen molar-refractivity contribution in [2.75, 3.05) is 45.6 Å². The molecule has 3 aromatic heterocycles. The molecular formula is C29H37F3N8O2. The van der Waals surface area contributed by atoms with Gasteiger partial charge in [0.25, 0.3) is 5.91 Å². The molecule has 0 radical (unpaired) electrons. The molecule has 3 aromatic rings. The largest absolute Gasteiger partial charge is 0.401 e. The highest BCUT2D eigenvalue weighted by Crippen LogP contribution is 2.35. The zero-order valence-electron chi connectivity index (χ0n) is 24.1. The summed E-state index contributed by atoms with van der Waals surface area (Å²) in [5.74, 6) is 1.40. The van der Waals surface area contributed by atoms with Crippen LogP contribution in [-0.2, 0) is 4.79 Å². The lowest BCUT2D eigenvalue weighted by Crippen LogP contribution is -2.44. The van der Waals surface area contributed by atoms with Crippen LogP contribution in [0.1, 0.15) is 54.2 Å². The van der Waals surface area contributed by atoms with E-state index in [-0.39, 0.29) is 17.9 Å². The van der Waals surface area contributed by atoms with E-state index in [0.29, 0.717) is 43.1 Å². The van der Waals surface area contributed by atoms with E-state index in [1.807, 2.05) is 25.1 Å². The van der Waals surface area contributed by atoms with Gasteiger partial charge in [-0.25, -0.2) is 9.97 Å². The van der Waals surface area contributed by atoms with Gasteiger partial charge < -0.3 is 19.7 Å². The van der Waals surface area contributed by atoms with Crippen LogP contribution >= 0.6 is 0 Å². The van der Waals surface area contributed by atoms with Gasteiger partial charge in [-0.15, -0.1) is 0 Å². The van der Waals surface area contributed by atoms with Crippen molar-refractivity contribution in [1.82, 2.24) is 34.2 Å². The number of likely N-dealkylation sites (tertiary alicyclic amines) is 2. The number of pyridine rings is 1. The van der Waals surface area contributed by atoms with Crippen LogP contribution in [0.4, 0.5) is 24.9 Å². The molecule has 1 N–H and O–H groups in total. The van der Waals surface area contributed by atoms with Crippen molar-refractivity contribution in [2.24, 2.45) is 5.92 Å². The zero-order chi connectivity index (χ0) is 30.0. The van der Waals surface area contributed by atoms with Crippen LogP contribution in [0.15, 0.2) is 30.6 Å². The number of aryl methyl sites for hydroxylation is 1. The van der Waals surface area contributed by atoms with E-state index >= 15 is 0 Å². The molecule has 2 bridgehead atoms. The molecule has 0 spiro atoms. The van der Waals surface area contributed by atoms with Crippen LogP contribution < -0.4 is 5.32 Å². The zero-order valence-corrected chi connectivity index (χ0v) is 24.1. The summed E-state index contributed by atoms with van der Waals surface area (Å²) >= 11 is 0. The third kappa shape index (κ3) is 6.83. The Morgan fingerprint density at radius 2 is 1.86 bits per heavy atom. The fourth-order valence-corrected chi connectivity index (χ4v) is 6.25. The minimum absolute atomic E-state index is 0.00499. The number of amides is 2. The number of alkyl halides is 3. The Morgan fingerprint density at radius 1 is 1.10 bits per heavy atom. The quantitative estimate of drug-likeness (QED) is 0.428. The third-order valence-electron chi connectivity index (χ3n) is 8.13. The second-order valence-electron chi connectivity index (χ2n) is 11.7. The van der Waals surface area contributed by atoms with Gasteiger partial charge in [-0.3, -0.25) is 14.5 Å². The lowest BCUT2D eigenvalue weighted by molar-refractivity contribution is -0.147. The van der Waals surface area contributed by atoms with Gasteiger partial charge in [0.15, 0.2) is 0 Å². The lowest BCUT2D eigenvalue weighted by atomic mass is 10.0. The molecule has 3 fully saturated rings. The maximum Gasteiger partial charge on any atom is 0.401 e. The Balaban J connectivity index is 0.000000199. The molecule has 10 nitrogen and oxygen atoms in total. The van der Waals surface area contributed by atoms with Gasteiger partial charge in [-0.1, -0.05) is 18.9 Å². The van der Waals surface area contributed by atoms with Crippen LogP contribution in [0.25, 0.3) is 11.0 Å². The maximum atomic E-state index is 12.7. The number of fused-ring (bicyclic) bond motifs is 3. The summed E-state index contributed by atoms with van der Waals surface area (Å²) in [5.41, 5.74) is 2.58. The fourth-order valence-electron chi connectivity index (χ4n) is 6.25. The molecule has 0 aromatic carbocycles. The predicted octanol–water partition coefficient (Wildman–Crippen LogP) is 4.41. The molecule has 6 rings (SSSR count). The van der Waals surface area contributed by atoms with E-state index in [2.05, 4.69) is 19.9 Å². The number of carbonyl (C=O) groups is 2. The summed E-state index contributed by atoms with van der Waals surface area (Å²) in [5, 5.41) is 4.04. The molecule has 13 heteroatoms. The molecule has 2 aliphatic heterocycles. The molecule has 2 atom stereocenters. The average molecular weight is 587 g/mol. The molecule has 1 saturated carbocycles. The number of nitrogens with zero attached hydrogens (tertiary/aromatic N) is 7. The first-order valence-corrected chi connectivity index (χ1v) is 14.3. The van der Waals surface area contributed by atoms with Gasteiger partial charge in [0.2, 0.25) is 12.4 Å². The van der Waals surface area contributed by atoms with Crippen molar-refractivity contribution in [2.45, 2.75) is 57.3 Å². The number of hydrogen-bond acceptors (Lipinski definition) is 7. The van der Waals surface area contributed by atoms with Crippen molar-refractivity contribution in [3.05, 3.63) is 41.9 Å². The molecule has 2 saturated heterocycles. The summed E-state index contributed by atoms with van der Waals surface area (Å²) in [4.78, 5) is 41.4. The second kappa shape index (κ2) is 12.2. The van der Waals surface area contributed by atoms with E-state index in [0.717, 1.165) is 42.3 Å². The summed E-state index contributed by atoms with van der Waals surface area (Å²) < 4.78 is 38.8.